The Balaban J connectivity index is 1.99. The largest absolute Gasteiger partial charge is 0.339 e. The first kappa shape index (κ1) is 27.2. The van der Waals surface area contributed by atoms with Crippen molar-refractivity contribution in [2.24, 2.45) is 0 Å². The molecule has 190 valence electrons. The zero-order valence-corrected chi connectivity index (χ0v) is 22.4. The number of carbonyl (C=O) groups excluding carboxylic acids is 2. The Bertz CT molecular complexity index is 1350. The van der Waals surface area contributed by atoms with Gasteiger partial charge in [0.15, 0.2) is 0 Å². The van der Waals surface area contributed by atoms with Crippen molar-refractivity contribution in [2.75, 3.05) is 29.3 Å². The molecule has 0 spiro atoms. The van der Waals surface area contributed by atoms with E-state index < -0.39 is 22.5 Å². The smallest absolute Gasteiger partial charge is 0.264 e. The monoisotopic (exact) mass is 527 g/mol. The summed E-state index contributed by atoms with van der Waals surface area (Å²) in [4.78, 5) is 27.9. The average Bonchev–Trinajstić information content (AvgIpc) is 2.85. The summed E-state index contributed by atoms with van der Waals surface area (Å²) < 4.78 is 28.4. The number of nitrogens with one attached hydrogen (secondary N) is 1. The predicted octanol–water partition coefficient (Wildman–Crippen LogP) is 5.27. The highest BCUT2D eigenvalue weighted by molar-refractivity contribution is 7.92. The van der Waals surface area contributed by atoms with E-state index in [9.17, 15) is 18.0 Å². The average molecular weight is 528 g/mol. The highest BCUT2D eigenvalue weighted by Crippen LogP contribution is 2.31. The number of hydrogen-bond donors (Lipinski definition) is 1. The number of rotatable bonds is 9. The van der Waals surface area contributed by atoms with Gasteiger partial charge in [-0.2, -0.15) is 0 Å². The van der Waals surface area contributed by atoms with Crippen molar-refractivity contribution in [3.8, 4) is 0 Å². The van der Waals surface area contributed by atoms with Gasteiger partial charge in [0, 0.05) is 18.1 Å². The van der Waals surface area contributed by atoms with E-state index in [4.69, 9.17) is 11.6 Å². The van der Waals surface area contributed by atoms with Gasteiger partial charge in [-0.3, -0.25) is 13.9 Å². The maximum atomic E-state index is 13.7. The number of aryl methyl sites for hydroxylation is 1. The van der Waals surface area contributed by atoms with Gasteiger partial charge in [0.05, 0.1) is 21.8 Å². The summed E-state index contributed by atoms with van der Waals surface area (Å²) in [5, 5.41) is 3.12. The first-order valence-electron chi connectivity index (χ1n) is 11.6. The predicted molar refractivity (Wildman–Crippen MR) is 144 cm³/mol. The molecule has 36 heavy (non-hydrogen) atoms. The second-order valence-electron chi connectivity index (χ2n) is 8.28. The third-order valence-corrected chi connectivity index (χ3v) is 8.07. The SMILES string of the molecule is CCN(CC)C(=O)c1ccccc1NC(=O)CN(c1cccc(Cl)c1C)S(=O)(=O)c1ccc(C)cc1. The zero-order valence-electron chi connectivity index (χ0n) is 20.8. The fraction of sp³-hybridized carbons (Fsp3) is 0.259. The van der Waals surface area contributed by atoms with Crippen molar-refractivity contribution in [1.82, 2.24) is 4.90 Å². The number of hydrogen-bond acceptors (Lipinski definition) is 4. The molecule has 0 unspecified atom stereocenters. The Morgan fingerprint density at radius 2 is 1.53 bits per heavy atom. The fourth-order valence-electron chi connectivity index (χ4n) is 3.78. The Labute approximate surface area is 217 Å². The van der Waals surface area contributed by atoms with Crippen LogP contribution in [0, 0.1) is 13.8 Å². The third-order valence-electron chi connectivity index (χ3n) is 5.89. The molecule has 0 aliphatic heterocycles. The van der Waals surface area contributed by atoms with Gasteiger partial charge in [0.25, 0.3) is 15.9 Å². The molecule has 0 atom stereocenters. The number of benzene rings is 3. The Hall–Kier alpha value is -3.36. The van der Waals surface area contributed by atoms with Crippen LogP contribution in [0.25, 0.3) is 0 Å². The molecule has 3 aromatic rings. The molecule has 0 aliphatic carbocycles. The summed E-state index contributed by atoms with van der Waals surface area (Å²) in [5.74, 6) is -0.810. The number of halogens is 1. The highest BCUT2D eigenvalue weighted by atomic mass is 35.5. The zero-order chi connectivity index (χ0) is 26.5. The molecule has 0 fully saturated rings. The topological polar surface area (TPSA) is 86.8 Å². The molecule has 7 nitrogen and oxygen atoms in total. The lowest BCUT2D eigenvalue weighted by Gasteiger charge is -2.26. The summed E-state index contributed by atoms with van der Waals surface area (Å²) in [6, 6.07) is 18.0. The highest BCUT2D eigenvalue weighted by Gasteiger charge is 2.29. The normalized spacial score (nSPS) is 11.1. The number of nitrogens with zero attached hydrogens (tertiary/aromatic N) is 2. The maximum Gasteiger partial charge on any atom is 0.264 e. The molecule has 9 heteroatoms. The van der Waals surface area contributed by atoms with Gasteiger partial charge in [-0.05, 0) is 69.7 Å². The Morgan fingerprint density at radius 1 is 0.889 bits per heavy atom. The van der Waals surface area contributed by atoms with Crippen molar-refractivity contribution in [3.05, 3.63) is 88.4 Å². The second kappa shape index (κ2) is 11.6. The third kappa shape index (κ3) is 5.88. The summed E-state index contributed by atoms with van der Waals surface area (Å²) >= 11 is 6.29. The van der Waals surface area contributed by atoms with Crippen LogP contribution < -0.4 is 9.62 Å². The summed E-state index contributed by atoms with van der Waals surface area (Å²) in [6.07, 6.45) is 0. The number of anilines is 2. The van der Waals surface area contributed by atoms with E-state index in [1.54, 1.807) is 66.4 Å². The summed E-state index contributed by atoms with van der Waals surface area (Å²) in [7, 11) is -4.11. The van der Waals surface area contributed by atoms with Crippen molar-refractivity contribution >= 4 is 44.8 Å². The van der Waals surface area contributed by atoms with Crippen molar-refractivity contribution in [2.45, 2.75) is 32.6 Å². The van der Waals surface area contributed by atoms with E-state index in [0.29, 0.717) is 40.6 Å². The lowest BCUT2D eigenvalue weighted by molar-refractivity contribution is -0.114. The molecule has 3 rings (SSSR count). The minimum absolute atomic E-state index is 0.0531. The summed E-state index contributed by atoms with van der Waals surface area (Å²) in [5.41, 5.74) is 2.38. The van der Waals surface area contributed by atoms with Crippen LogP contribution in [0.2, 0.25) is 5.02 Å². The van der Waals surface area contributed by atoms with Crippen LogP contribution in [-0.4, -0.2) is 44.8 Å². The minimum atomic E-state index is -4.11. The van der Waals surface area contributed by atoms with Gasteiger partial charge in [-0.15, -0.1) is 0 Å². The van der Waals surface area contributed by atoms with Gasteiger partial charge < -0.3 is 10.2 Å². The molecule has 1 N–H and O–H groups in total. The first-order chi connectivity index (χ1) is 17.1. The molecule has 0 aliphatic rings. The van der Waals surface area contributed by atoms with Gasteiger partial charge in [0.1, 0.15) is 6.54 Å². The van der Waals surface area contributed by atoms with E-state index in [-0.39, 0.29) is 10.8 Å². The van der Waals surface area contributed by atoms with Crippen LogP contribution in [0.15, 0.2) is 71.6 Å². The van der Waals surface area contributed by atoms with Crippen LogP contribution in [0.1, 0.15) is 35.3 Å². The van der Waals surface area contributed by atoms with Crippen molar-refractivity contribution < 1.29 is 18.0 Å². The minimum Gasteiger partial charge on any atom is -0.339 e. The second-order valence-corrected chi connectivity index (χ2v) is 10.5. The molecule has 0 saturated carbocycles. The Morgan fingerprint density at radius 3 is 2.17 bits per heavy atom. The molecule has 0 radical (unpaired) electrons. The Kier molecular flexibility index (Phi) is 8.76. The molecule has 0 saturated heterocycles. The van der Waals surface area contributed by atoms with Gasteiger partial charge in [-0.25, -0.2) is 8.42 Å². The fourth-order valence-corrected chi connectivity index (χ4v) is 5.43. The van der Waals surface area contributed by atoms with Gasteiger partial charge in [0.2, 0.25) is 5.91 Å². The number of carbonyl (C=O) groups is 2. The molecule has 3 aromatic carbocycles. The van der Waals surface area contributed by atoms with E-state index in [1.807, 2.05) is 20.8 Å². The molecule has 0 heterocycles. The van der Waals surface area contributed by atoms with E-state index in [1.165, 1.54) is 12.1 Å². The lowest BCUT2D eigenvalue weighted by Crippen LogP contribution is -2.39. The number of sulfonamides is 1. The van der Waals surface area contributed by atoms with Gasteiger partial charge >= 0.3 is 0 Å². The number of para-hydroxylation sites is 1. The molecule has 2 amide bonds. The summed E-state index contributed by atoms with van der Waals surface area (Å²) in [6.45, 7) is 7.85. The first-order valence-corrected chi connectivity index (χ1v) is 13.4. The van der Waals surface area contributed by atoms with E-state index in [0.717, 1.165) is 9.87 Å². The molecule has 0 bridgehead atoms. The quantitative estimate of drug-likeness (QED) is 0.410. The number of amides is 2. The van der Waals surface area contributed by atoms with E-state index in [2.05, 4.69) is 5.32 Å². The van der Waals surface area contributed by atoms with Crippen LogP contribution in [0.5, 0.6) is 0 Å². The lowest BCUT2D eigenvalue weighted by atomic mass is 10.1. The maximum absolute atomic E-state index is 13.7. The van der Waals surface area contributed by atoms with E-state index >= 15 is 0 Å². The van der Waals surface area contributed by atoms with Gasteiger partial charge in [-0.1, -0.05) is 47.5 Å². The molecular formula is C27H30ClN3O4S. The molecule has 0 aromatic heterocycles. The van der Waals surface area contributed by atoms with Crippen molar-refractivity contribution in [3.63, 3.8) is 0 Å². The standard InChI is InChI=1S/C27H30ClN3O4S/c1-5-30(6-2)27(33)22-10-7-8-12-24(22)29-26(32)18-31(25-13-9-11-23(28)20(25)4)36(34,35)21-16-14-19(3)15-17-21/h7-17H,5-6,18H2,1-4H3,(H,29,32). The van der Waals surface area contributed by atoms with Crippen LogP contribution in [-0.2, 0) is 14.8 Å². The van der Waals surface area contributed by atoms with Crippen LogP contribution in [0.4, 0.5) is 11.4 Å². The van der Waals surface area contributed by atoms with Crippen molar-refractivity contribution in [1.29, 1.82) is 0 Å². The van der Waals surface area contributed by atoms with Crippen LogP contribution >= 0.6 is 11.6 Å². The van der Waals surface area contributed by atoms with Crippen LogP contribution in [0.3, 0.4) is 0 Å². The molecular weight excluding hydrogens is 498 g/mol.